The molecule has 2 aromatic heterocycles. The van der Waals surface area contributed by atoms with Crippen molar-refractivity contribution in [3.63, 3.8) is 0 Å². The van der Waals surface area contributed by atoms with Gasteiger partial charge in [0.25, 0.3) is 5.82 Å². The summed E-state index contributed by atoms with van der Waals surface area (Å²) in [6.07, 6.45) is 4.65. The summed E-state index contributed by atoms with van der Waals surface area (Å²) in [5, 5.41) is 4.47. The Morgan fingerprint density at radius 3 is 2.52 bits per heavy atom. The standard InChI is InChI=1S/C18H26N5/c1-13(2)22-10-11-23(15(22)4)18-9-7-8-16(20(18)5)17-12-14(3)19-21(17)6/h7-13,15H,1-6H3/q+1/t15-/m1/s1. The van der Waals surface area contributed by atoms with Gasteiger partial charge in [0.2, 0.25) is 0 Å². The summed E-state index contributed by atoms with van der Waals surface area (Å²) in [4.78, 5) is 4.67. The van der Waals surface area contributed by atoms with Crippen LogP contribution in [0.25, 0.3) is 11.4 Å². The van der Waals surface area contributed by atoms with Crippen LogP contribution in [0.4, 0.5) is 5.82 Å². The molecule has 0 amide bonds. The molecule has 0 aromatic carbocycles. The van der Waals surface area contributed by atoms with Crippen molar-refractivity contribution >= 4 is 5.82 Å². The Bertz CT molecular complexity index is 744. The molecule has 5 heteroatoms. The van der Waals surface area contributed by atoms with Crippen molar-refractivity contribution in [2.24, 2.45) is 14.1 Å². The fraction of sp³-hybridized carbons (Fsp3) is 0.444. The van der Waals surface area contributed by atoms with Crippen LogP contribution in [0.15, 0.2) is 36.7 Å². The predicted octanol–water partition coefficient (Wildman–Crippen LogP) is 2.57. The van der Waals surface area contributed by atoms with Crippen LogP contribution in [0.1, 0.15) is 26.5 Å². The van der Waals surface area contributed by atoms with Gasteiger partial charge in [0.1, 0.15) is 11.9 Å². The van der Waals surface area contributed by atoms with E-state index in [1.165, 1.54) is 5.82 Å². The minimum Gasteiger partial charge on any atom is -0.334 e. The molecular formula is C18H26N5+. The molecule has 2 aromatic rings. The number of hydrogen-bond acceptors (Lipinski definition) is 3. The first-order valence-electron chi connectivity index (χ1n) is 8.14. The topological polar surface area (TPSA) is 28.2 Å². The molecule has 1 aliphatic rings. The average molecular weight is 312 g/mol. The fourth-order valence-electron chi connectivity index (χ4n) is 3.35. The average Bonchev–Trinajstić information content (AvgIpc) is 3.02. The molecule has 0 aliphatic carbocycles. The molecule has 0 saturated heterocycles. The highest BCUT2D eigenvalue weighted by atomic mass is 15.4. The monoisotopic (exact) mass is 312 g/mol. The largest absolute Gasteiger partial charge is 0.334 e. The maximum absolute atomic E-state index is 4.47. The molecule has 3 rings (SSSR count). The van der Waals surface area contributed by atoms with Gasteiger partial charge in [-0.3, -0.25) is 4.68 Å². The van der Waals surface area contributed by atoms with Crippen molar-refractivity contribution in [2.75, 3.05) is 4.90 Å². The van der Waals surface area contributed by atoms with Gasteiger partial charge < -0.3 is 4.90 Å². The van der Waals surface area contributed by atoms with Crippen LogP contribution in [0, 0.1) is 6.92 Å². The third-order valence-electron chi connectivity index (χ3n) is 4.56. The van der Waals surface area contributed by atoms with Crippen molar-refractivity contribution in [1.29, 1.82) is 0 Å². The zero-order valence-corrected chi connectivity index (χ0v) is 14.9. The number of pyridine rings is 1. The number of nitrogens with zero attached hydrogens (tertiary/aromatic N) is 5. The van der Waals surface area contributed by atoms with Gasteiger partial charge >= 0.3 is 0 Å². The summed E-state index contributed by atoms with van der Waals surface area (Å²) in [6, 6.07) is 9.04. The van der Waals surface area contributed by atoms with Gasteiger partial charge in [0.15, 0.2) is 11.9 Å². The molecular weight excluding hydrogens is 286 g/mol. The summed E-state index contributed by atoms with van der Waals surface area (Å²) in [6.45, 7) is 8.71. The molecule has 5 nitrogen and oxygen atoms in total. The van der Waals surface area contributed by atoms with Crippen LogP contribution in [0.3, 0.4) is 0 Å². The smallest absolute Gasteiger partial charge is 0.283 e. The maximum atomic E-state index is 4.47. The van der Waals surface area contributed by atoms with E-state index in [4.69, 9.17) is 0 Å². The van der Waals surface area contributed by atoms with Gasteiger partial charge in [-0.1, -0.05) is 0 Å². The van der Waals surface area contributed by atoms with E-state index < -0.39 is 0 Å². The molecule has 0 fully saturated rings. The van der Waals surface area contributed by atoms with E-state index in [0.717, 1.165) is 17.1 Å². The lowest BCUT2D eigenvalue weighted by atomic mass is 10.2. The summed E-state index contributed by atoms with van der Waals surface area (Å²) in [7, 11) is 4.11. The van der Waals surface area contributed by atoms with Gasteiger partial charge in [-0.05, 0) is 45.9 Å². The second-order valence-electron chi connectivity index (χ2n) is 6.50. The molecule has 1 aliphatic heterocycles. The Labute approximate surface area is 138 Å². The summed E-state index contributed by atoms with van der Waals surface area (Å²) >= 11 is 0. The van der Waals surface area contributed by atoms with Crippen LogP contribution >= 0.6 is 0 Å². The van der Waals surface area contributed by atoms with Crippen LogP contribution < -0.4 is 9.47 Å². The van der Waals surface area contributed by atoms with Crippen molar-refractivity contribution in [3.05, 3.63) is 42.4 Å². The van der Waals surface area contributed by atoms with E-state index in [1.54, 1.807) is 0 Å². The number of aromatic nitrogens is 3. The summed E-state index contributed by atoms with van der Waals surface area (Å²) < 4.78 is 4.18. The maximum Gasteiger partial charge on any atom is 0.283 e. The van der Waals surface area contributed by atoms with E-state index in [2.05, 4.69) is 83.9 Å². The molecule has 0 unspecified atom stereocenters. The molecule has 0 saturated carbocycles. The molecule has 0 spiro atoms. The predicted molar refractivity (Wildman–Crippen MR) is 92.6 cm³/mol. The van der Waals surface area contributed by atoms with Gasteiger partial charge in [-0.2, -0.15) is 5.10 Å². The van der Waals surface area contributed by atoms with E-state index in [0.29, 0.717) is 12.2 Å². The third-order valence-corrected chi connectivity index (χ3v) is 4.56. The molecule has 0 bridgehead atoms. The number of anilines is 1. The second-order valence-corrected chi connectivity index (χ2v) is 6.50. The Hall–Kier alpha value is -2.30. The number of rotatable bonds is 3. The lowest BCUT2D eigenvalue weighted by Gasteiger charge is -2.28. The molecule has 122 valence electrons. The van der Waals surface area contributed by atoms with Gasteiger partial charge in [0, 0.05) is 25.4 Å². The first-order valence-corrected chi connectivity index (χ1v) is 8.14. The Morgan fingerprint density at radius 1 is 1.22 bits per heavy atom. The lowest BCUT2D eigenvalue weighted by Crippen LogP contribution is -2.45. The highest BCUT2D eigenvalue weighted by Gasteiger charge is 2.33. The Morgan fingerprint density at radius 2 is 1.96 bits per heavy atom. The highest BCUT2D eigenvalue weighted by molar-refractivity contribution is 5.54. The zero-order chi connectivity index (χ0) is 16.7. The highest BCUT2D eigenvalue weighted by Crippen LogP contribution is 2.25. The molecule has 1 atom stereocenters. The van der Waals surface area contributed by atoms with E-state index in [9.17, 15) is 0 Å². The number of hydrogen-bond donors (Lipinski definition) is 0. The van der Waals surface area contributed by atoms with Gasteiger partial charge in [-0.15, -0.1) is 0 Å². The summed E-state index contributed by atoms with van der Waals surface area (Å²) in [5.74, 6) is 1.17. The van der Waals surface area contributed by atoms with Crippen LogP contribution in [-0.2, 0) is 14.1 Å². The van der Waals surface area contributed by atoms with E-state index >= 15 is 0 Å². The minimum absolute atomic E-state index is 0.310. The zero-order valence-electron chi connectivity index (χ0n) is 14.9. The summed E-state index contributed by atoms with van der Waals surface area (Å²) in [5.41, 5.74) is 3.32. The van der Waals surface area contributed by atoms with Crippen molar-refractivity contribution < 1.29 is 4.57 Å². The van der Waals surface area contributed by atoms with Crippen molar-refractivity contribution in [3.8, 4) is 11.4 Å². The fourth-order valence-corrected chi connectivity index (χ4v) is 3.35. The molecule has 3 heterocycles. The van der Waals surface area contributed by atoms with Crippen LogP contribution in [0.5, 0.6) is 0 Å². The SMILES string of the molecule is Cc1cc(-c2cccc(N3C=CN(C(C)C)[C@H]3C)[n+]2C)n(C)n1. The van der Waals surface area contributed by atoms with E-state index in [-0.39, 0.29) is 0 Å². The second kappa shape index (κ2) is 5.72. The van der Waals surface area contributed by atoms with Crippen LogP contribution in [0.2, 0.25) is 0 Å². The number of aryl methyl sites for hydroxylation is 2. The Balaban J connectivity index is 2.02. The first kappa shape index (κ1) is 15.6. The van der Waals surface area contributed by atoms with Crippen LogP contribution in [-0.4, -0.2) is 26.9 Å². The van der Waals surface area contributed by atoms with E-state index in [1.807, 2.05) is 18.7 Å². The Kier molecular flexibility index (Phi) is 3.88. The minimum atomic E-state index is 0.310. The normalized spacial score (nSPS) is 17.6. The van der Waals surface area contributed by atoms with Gasteiger partial charge in [0.05, 0.1) is 12.7 Å². The molecule has 0 N–H and O–H groups in total. The lowest BCUT2D eigenvalue weighted by molar-refractivity contribution is -0.647. The van der Waals surface area contributed by atoms with Crippen molar-refractivity contribution in [1.82, 2.24) is 14.7 Å². The molecule has 23 heavy (non-hydrogen) atoms. The third kappa shape index (κ3) is 2.60. The van der Waals surface area contributed by atoms with Crippen molar-refractivity contribution in [2.45, 2.75) is 39.9 Å². The first-order chi connectivity index (χ1) is 10.9. The van der Waals surface area contributed by atoms with Gasteiger partial charge in [-0.25, -0.2) is 9.47 Å². The molecule has 0 radical (unpaired) electrons. The quantitative estimate of drug-likeness (QED) is 0.816.